The molecule has 1 heterocycles. The Labute approximate surface area is 154 Å². The third-order valence-electron chi connectivity index (χ3n) is 3.79. The summed E-state index contributed by atoms with van der Waals surface area (Å²) in [6, 6.07) is 25.8. The summed E-state index contributed by atoms with van der Waals surface area (Å²) >= 11 is 3.44. The van der Waals surface area contributed by atoms with Gasteiger partial charge in [-0.25, -0.2) is 9.97 Å². The molecule has 5 heteroatoms. The molecule has 0 amide bonds. The van der Waals surface area contributed by atoms with Crippen LogP contribution in [0.15, 0.2) is 83.3 Å². The molecule has 0 fully saturated rings. The quantitative estimate of drug-likeness (QED) is 0.451. The fraction of sp³-hybridized carbons (Fsp3) is 0. The van der Waals surface area contributed by atoms with Gasteiger partial charge in [0.1, 0.15) is 5.69 Å². The molecule has 0 saturated carbocycles. The summed E-state index contributed by atoms with van der Waals surface area (Å²) in [5.41, 5.74) is 10.9. The highest BCUT2D eigenvalue weighted by atomic mass is 79.9. The van der Waals surface area contributed by atoms with Crippen LogP contribution >= 0.6 is 15.9 Å². The molecule has 0 radical (unpaired) electrons. The summed E-state index contributed by atoms with van der Waals surface area (Å²) in [5, 5.41) is 0. The Morgan fingerprint density at radius 1 is 0.640 bits per heavy atom. The van der Waals surface area contributed by atoms with Crippen molar-refractivity contribution < 1.29 is 0 Å². The largest absolute Gasteiger partial charge is 0.300 e. The number of nitrogens with one attached hydrogen (secondary N) is 2. The lowest BCUT2D eigenvalue weighted by Crippen LogP contribution is -2.12. The number of hydrogen-bond acceptors (Lipinski definition) is 4. The van der Waals surface area contributed by atoms with E-state index in [-0.39, 0.29) is 0 Å². The average molecular weight is 391 g/mol. The second kappa shape index (κ2) is 6.91. The summed E-state index contributed by atoms with van der Waals surface area (Å²) in [6.07, 6.45) is 0. The Hall–Kier alpha value is -2.92. The molecule has 4 rings (SSSR count). The maximum atomic E-state index is 4.80. The van der Waals surface area contributed by atoms with E-state index < -0.39 is 0 Å². The van der Waals surface area contributed by atoms with Crippen LogP contribution in [0.1, 0.15) is 0 Å². The summed E-state index contributed by atoms with van der Waals surface area (Å²) in [6.45, 7) is 0. The smallest absolute Gasteiger partial charge is 0.171 e. The van der Waals surface area contributed by atoms with E-state index in [4.69, 9.17) is 9.97 Å². The maximum absolute atomic E-state index is 4.80. The first kappa shape index (κ1) is 15.6. The molecule has 0 aliphatic carbocycles. The number of hydrazine groups is 1. The first-order valence-corrected chi connectivity index (χ1v) is 8.69. The third kappa shape index (κ3) is 3.46. The van der Waals surface area contributed by atoms with Crippen LogP contribution in [-0.4, -0.2) is 9.97 Å². The van der Waals surface area contributed by atoms with Gasteiger partial charge in [-0.1, -0.05) is 58.4 Å². The summed E-state index contributed by atoms with van der Waals surface area (Å²) in [5.74, 6) is 0.688. The lowest BCUT2D eigenvalue weighted by molar-refractivity contribution is 1.25. The summed E-state index contributed by atoms with van der Waals surface area (Å²) < 4.78 is 1.04. The molecule has 25 heavy (non-hydrogen) atoms. The molecule has 4 aromatic rings. The van der Waals surface area contributed by atoms with Crippen LogP contribution in [-0.2, 0) is 0 Å². The second-order valence-electron chi connectivity index (χ2n) is 5.53. The molecular formula is C20H15BrN4. The number of hydrogen-bond donors (Lipinski definition) is 2. The Balaban J connectivity index is 1.73. The van der Waals surface area contributed by atoms with Gasteiger partial charge in [-0.3, -0.25) is 10.9 Å². The van der Waals surface area contributed by atoms with Gasteiger partial charge >= 0.3 is 0 Å². The maximum Gasteiger partial charge on any atom is 0.171 e. The highest BCUT2D eigenvalue weighted by Gasteiger charge is 2.10. The number of halogens is 1. The lowest BCUT2D eigenvalue weighted by Gasteiger charge is -2.13. The van der Waals surface area contributed by atoms with E-state index in [1.54, 1.807) is 0 Å². The van der Waals surface area contributed by atoms with Crippen LogP contribution in [0, 0.1) is 0 Å². The Morgan fingerprint density at radius 3 is 2.00 bits per heavy atom. The van der Waals surface area contributed by atoms with Gasteiger partial charge in [-0.2, -0.15) is 0 Å². The van der Waals surface area contributed by atoms with Crippen molar-refractivity contribution in [1.82, 2.24) is 9.97 Å². The number of para-hydroxylation sites is 2. The SMILES string of the molecule is Brc1ccc(NNc2nc3ccccc3nc2-c2ccccc2)cc1. The predicted molar refractivity (Wildman–Crippen MR) is 106 cm³/mol. The van der Waals surface area contributed by atoms with Crippen LogP contribution in [0.3, 0.4) is 0 Å². The standard InChI is InChI=1S/C20H15BrN4/c21-15-10-12-16(13-11-15)24-25-20-19(14-6-2-1-3-7-14)22-17-8-4-5-9-18(17)23-20/h1-13,24H,(H,23,25). The number of aromatic nitrogens is 2. The zero-order chi connectivity index (χ0) is 17.1. The number of anilines is 2. The number of nitrogens with zero attached hydrogens (tertiary/aromatic N) is 2. The predicted octanol–water partition coefficient (Wildman–Crippen LogP) is 5.50. The van der Waals surface area contributed by atoms with Crippen molar-refractivity contribution in [3.05, 3.63) is 83.3 Å². The van der Waals surface area contributed by atoms with Gasteiger partial charge in [-0.15, -0.1) is 0 Å². The van der Waals surface area contributed by atoms with Gasteiger partial charge in [0.05, 0.1) is 16.7 Å². The summed E-state index contributed by atoms with van der Waals surface area (Å²) in [7, 11) is 0. The molecule has 0 aliphatic heterocycles. The molecule has 2 N–H and O–H groups in total. The van der Waals surface area contributed by atoms with Crippen molar-refractivity contribution in [1.29, 1.82) is 0 Å². The van der Waals surface area contributed by atoms with E-state index in [2.05, 4.69) is 26.8 Å². The molecule has 0 aliphatic rings. The molecule has 0 bridgehead atoms. The normalized spacial score (nSPS) is 10.6. The third-order valence-corrected chi connectivity index (χ3v) is 4.32. The molecule has 0 unspecified atom stereocenters. The minimum atomic E-state index is 0.688. The van der Waals surface area contributed by atoms with E-state index in [0.29, 0.717) is 5.82 Å². The fourth-order valence-electron chi connectivity index (χ4n) is 2.55. The van der Waals surface area contributed by atoms with Gasteiger partial charge in [0.15, 0.2) is 5.82 Å². The van der Waals surface area contributed by atoms with Crippen molar-refractivity contribution >= 4 is 38.5 Å². The van der Waals surface area contributed by atoms with E-state index in [1.165, 1.54) is 0 Å². The van der Waals surface area contributed by atoms with Crippen LogP contribution in [0.5, 0.6) is 0 Å². The molecule has 1 aromatic heterocycles. The first-order chi connectivity index (χ1) is 12.3. The number of benzene rings is 3. The highest BCUT2D eigenvalue weighted by molar-refractivity contribution is 9.10. The Morgan fingerprint density at radius 2 is 1.28 bits per heavy atom. The molecule has 122 valence electrons. The van der Waals surface area contributed by atoms with E-state index >= 15 is 0 Å². The van der Waals surface area contributed by atoms with Gasteiger partial charge in [0.25, 0.3) is 0 Å². The van der Waals surface area contributed by atoms with Crippen LogP contribution in [0.4, 0.5) is 11.5 Å². The fourth-order valence-corrected chi connectivity index (χ4v) is 2.81. The summed E-state index contributed by atoms with van der Waals surface area (Å²) in [4.78, 5) is 9.54. The molecule has 0 atom stereocenters. The molecule has 0 spiro atoms. The zero-order valence-corrected chi connectivity index (χ0v) is 14.9. The Kier molecular flexibility index (Phi) is 4.31. The first-order valence-electron chi connectivity index (χ1n) is 7.89. The number of rotatable bonds is 4. The van der Waals surface area contributed by atoms with Crippen molar-refractivity contribution in [3.63, 3.8) is 0 Å². The minimum Gasteiger partial charge on any atom is -0.300 e. The topological polar surface area (TPSA) is 49.8 Å². The van der Waals surface area contributed by atoms with Gasteiger partial charge in [0, 0.05) is 10.0 Å². The molecule has 3 aromatic carbocycles. The molecule has 4 nitrogen and oxygen atoms in total. The van der Waals surface area contributed by atoms with E-state index in [1.807, 2.05) is 78.9 Å². The van der Waals surface area contributed by atoms with Crippen molar-refractivity contribution in [2.45, 2.75) is 0 Å². The van der Waals surface area contributed by atoms with Gasteiger partial charge in [-0.05, 0) is 36.4 Å². The van der Waals surface area contributed by atoms with Crippen LogP contribution in [0.25, 0.3) is 22.3 Å². The lowest BCUT2D eigenvalue weighted by atomic mass is 10.1. The van der Waals surface area contributed by atoms with Crippen LogP contribution in [0.2, 0.25) is 0 Å². The monoisotopic (exact) mass is 390 g/mol. The molecule has 0 saturated heterocycles. The van der Waals surface area contributed by atoms with Crippen molar-refractivity contribution in [2.24, 2.45) is 0 Å². The zero-order valence-electron chi connectivity index (χ0n) is 13.3. The van der Waals surface area contributed by atoms with E-state index in [9.17, 15) is 0 Å². The highest BCUT2D eigenvalue weighted by Crippen LogP contribution is 2.27. The molecular weight excluding hydrogens is 376 g/mol. The Bertz CT molecular complexity index is 1000. The van der Waals surface area contributed by atoms with Gasteiger partial charge in [0.2, 0.25) is 0 Å². The average Bonchev–Trinajstić information content (AvgIpc) is 2.67. The van der Waals surface area contributed by atoms with Crippen LogP contribution < -0.4 is 10.9 Å². The minimum absolute atomic E-state index is 0.688. The van der Waals surface area contributed by atoms with Gasteiger partial charge < -0.3 is 0 Å². The van der Waals surface area contributed by atoms with Crippen molar-refractivity contribution in [2.75, 3.05) is 10.9 Å². The van der Waals surface area contributed by atoms with E-state index in [0.717, 1.165) is 32.5 Å². The van der Waals surface area contributed by atoms with Crippen molar-refractivity contribution in [3.8, 4) is 11.3 Å². The number of fused-ring (bicyclic) bond motifs is 1. The second-order valence-corrected chi connectivity index (χ2v) is 6.45.